The lowest BCUT2D eigenvalue weighted by atomic mass is 9.86. The standard InChI is InChI=1S/C24H19N7O/c1-24(2)17-8-7-16(10-19(17)28-22(24)32)27-23-29-21-13-25-12-20(31(21)30-23)15-9-14-5-3-4-6-18(14)26-11-15/h3-13H,1-2H3,(H,27,30)(H,28,32). The third kappa shape index (κ3) is 2.80. The van der Waals surface area contributed by atoms with Crippen LogP contribution in [0.4, 0.5) is 17.3 Å². The summed E-state index contributed by atoms with van der Waals surface area (Å²) in [7, 11) is 0. The lowest BCUT2D eigenvalue weighted by Gasteiger charge is -2.14. The van der Waals surface area contributed by atoms with Crippen molar-refractivity contribution in [2.24, 2.45) is 0 Å². The van der Waals surface area contributed by atoms with Gasteiger partial charge in [-0.25, -0.2) is 4.52 Å². The van der Waals surface area contributed by atoms with Crippen LogP contribution < -0.4 is 10.6 Å². The Balaban J connectivity index is 1.37. The van der Waals surface area contributed by atoms with E-state index in [0.717, 1.165) is 39.1 Å². The van der Waals surface area contributed by atoms with Gasteiger partial charge >= 0.3 is 0 Å². The van der Waals surface area contributed by atoms with Gasteiger partial charge in [0.05, 0.1) is 29.0 Å². The maximum absolute atomic E-state index is 12.2. The molecule has 0 spiro atoms. The van der Waals surface area contributed by atoms with E-state index in [9.17, 15) is 4.79 Å². The summed E-state index contributed by atoms with van der Waals surface area (Å²) in [5.41, 5.74) is 5.29. The first-order chi connectivity index (χ1) is 15.5. The van der Waals surface area contributed by atoms with Gasteiger partial charge in [0, 0.05) is 28.5 Å². The molecule has 6 rings (SSSR count). The van der Waals surface area contributed by atoms with Gasteiger partial charge in [0.1, 0.15) is 0 Å². The number of benzene rings is 2. The number of pyridine rings is 1. The third-order valence-corrected chi connectivity index (χ3v) is 5.90. The molecule has 5 aromatic rings. The van der Waals surface area contributed by atoms with Crippen LogP contribution in [0.3, 0.4) is 0 Å². The molecular weight excluding hydrogens is 402 g/mol. The fourth-order valence-electron chi connectivity index (χ4n) is 4.08. The Morgan fingerprint density at radius 2 is 1.91 bits per heavy atom. The number of para-hydroxylation sites is 1. The van der Waals surface area contributed by atoms with Gasteiger partial charge in [-0.2, -0.15) is 4.98 Å². The number of nitrogens with zero attached hydrogens (tertiary/aromatic N) is 5. The van der Waals surface area contributed by atoms with Gasteiger partial charge in [0.15, 0.2) is 5.65 Å². The third-order valence-electron chi connectivity index (χ3n) is 5.90. The molecule has 0 saturated heterocycles. The highest BCUT2D eigenvalue weighted by atomic mass is 16.2. The first kappa shape index (κ1) is 18.4. The molecule has 2 N–H and O–H groups in total. The van der Waals surface area contributed by atoms with Crippen LogP contribution in [0.1, 0.15) is 19.4 Å². The number of nitrogens with one attached hydrogen (secondary N) is 2. The first-order valence-corrected chi connectivity index (χ1v) is 10.3. The largest absolute Gasteiger partial charge is 0.325 e. The van der Waals surface area contributed by atoms with Gasteiger partial charge in [-0.15, -0.1) is 5.10 Å². The molecule has 0 saturated carbocycles. The summed E-state index contributed by atoms with van der Waals surface area (Å²) in [6.07, 6.45) is 5.24. The topological polar surface area (TPSA) is 97.1 Å². The molecule has 3 aromatic heterocycles. The van der Waals surface area contributed by atoms with Crippen molar-refractivity contribution in [2.75, 3.05) is 10.6 Å². The number of aromatic nitrogens is 5. The number of anilines is 3. The molecular formula is C24H19N7O. The second-order valence-electron chi connectivity index (χ2n) is 8.38. The zero-order valence-corrected chi connectivity index (χ0v) is 17.5. The molecule has 0 unspecified atom stereocenters. The highest BCUT2D eigenvalue weighted by molar-refractivity contribution is 6.06. The summed E-state index contributed by atoms with van der Waals surface area (Å²) in [4.78, 5) is 25.7. The molecule has 1 aliphatic rings. The van der Waals surface area contributed by atoms with Gasteiger partial charge in [-0.3, -0.25) is 14.8 Å². The van der Waals surface area contributed by atoms with Crippen molar-refractivity contribution in [3.8, 4) is 11.3 Å². The first-order valence-electron chi connectivity index (χ1n) is 10.3. The van der Waals surface area contributed by atoms with Crippen LogP contribution in [-0.4, -0.2) is 30.5 Å². The number of fused-ring (bicyclic) bond motifs is 3. The average molecular weight is 421 g/mol. The Bertz CT molecular complexity index is 1540. The van der Waals surface area contributed by atoms with Crippen molar-refractivity contribution in [2.45, 2.75) is 19.3 Å². The summed E-state index contributed by atoms with van der Waals surface area (Å²) in [5.74, 6) is 0.437. The molecule has 0 bridgehead atoms. The van der Waals surface area contributed by atoms with Crippen molar-refractivity contribution in [3.63, 3.8) is 0 Å². The lowest BCUT2D eigenvalue weighted by Crippen LogP contribution is -2.26. The van der Waals surface area contributed by atoms with Crippen LogP contribution in [0.25, 0.3) is 27.8 Å². The van der Waals surface area contributed by atoms with E-state index < -0.39 is 5.41 Å². The Morgan fingerprint density at radius 1 is 1.03 bits per heavy atom. The van der Waals surface area contributed by atoms with Crippen LogP contribution in [0.5, 0.6) is 0 Å². The average Bonchev–Trinajstić information content (AvgIpc) is 3.30. The molecule has 0 aliphatic carbocycles. The molecule has 32 heavy (non-hydrogen) atoms. The van der Waals surface area contributed by atoms with Gasteiger partial charge in [-0.05, 0) is 43.7 Å². The summed E-state index contributed by atoms with van der Waals surface area (Å²) < 4.78 is 1.75. The lowest BCUT2D eigenvalue weighted by molar-refractivity contribution is -0.119. The van der Waals surface area contributed by atoms with Crippen molar-refractivity contribution in [3.05, 3.63) is 72.7 Å². The quantitative estimate of drug-likeness (QED) is 0.451. The molecule has 0 radical (unpaired) electrons. The second-order valence-corrected chi connectivity index (χ2v) is 8.38. The SMILES string of the molecule is CC1(C)C(=O)Nc2cc(Nc3nc4cncc(-c5cnc6ccccc6c5)n4n3)ccc21. The summed E-state index contributed by atoms with van der Waals surface area (Å²) in [6.45, 7) is 3.84. The van der Waals surface area contributed by atoms with Crippen LogP contribution in [-0.2, 0) is 10.2 Å². The molecule has 156 valence electrons. The number of carbonyl (C=O) groups is 1. The van der Waals surface area contributed by atoms with Crippen molar-refractivity contribution < 1.29 is 4.79 Å². The van der Waals surface area contributed by atoms with Crippen LogP contribution in [0.15, 0.2) is 67.1 Å². The van der Waals surface area contributed by atoms with E-state index in [2.05, 4.69) is 36.8 Å². The number of carbonyl (C=O) groups excluding carboxylic acids is 1. The van der Waals surface area contributed by atoms with Crippen molar-refractivity contribution >= 4 is 39.8 Å². The minimum absolute atomic E-state index is 0.00443. The molecule has 4 heterocycles. The van der Waals surface area contributed by atoms with E-state index in [0.29, 0.717) is 11.6 Å². The van der Waals surface area contributed by atoms with Gasteiger partial charge in [-0.1, -0.05) is 24.3 Å². The minimum Gasteiger partial charge on any atom is -0.325 e. The van der Waals surface area contributed by atoms with E-state index >= 15 is 0 Å². The number of hydrogen-bond acceptors (Lipinski definition) is 6. The fourth-order valence-corrected chi connectivity index (χ4v) is 4.08. The Hall–Kier alpha value is -4.33. The molecule has 8 nitrogen and oxygen atoms in total. The zero-order valence-electron chi connectivity index (χ0n) is 17.5. The zero-order chi connectivity index (χ0) is 21.9. The maximum atomic E-state index is 12.2. The van der Waals surface area contributed by atoms with Crippen LogP contribution >= 0.6 is 0 Å². The monoisotopic (exact) mass is 421 g/mol. The number of hydrogen-bond donors (Lipinski definition) is 2. The minimum atomic E-state index is -0.538. The molecule has 1 aliphatic heterocycles. The molecule has 2 aromatic carbocycles. The predicted molar refractivity (Wildman–Crippen MR) is 123 cm³/mol. The molecule has 0 fully saturated rings. The normalized spacial score (nSPS) is 14.5. The van der Waals surface area contributed by atoms with Crippen LogP contribution in [0, 0.1) is 0 Å². The number of rotatable bonds is 3. The van der Waals surface area contributed by atoms with E-state index in [1.54, 1.807) is 16.9 Å². The summed E-state index contributed by atoms with van der Waals surface area (Å²) >= 11 is 0. The summed E-state index contributed by atoms with van der Waals surface area (Å²) in [5, 5.41) is 11.9. The highest BCUT2D eigenvalue weighted by Gasteiger charge is 2.38. The second kappa shape index (κ2) is 6.58. The summed E-state index contributed by atoms with van der Waals surface area (Å²) in [6, 6.07) is 15.8. The van der Waals surface area contributed by atoms with Gasteiger partial charge < -0.3 is 10.6 Å². The van der Waals surface area contributed by atoms with E-state index in [4.69, 9.17) is 0 Å². The fraction of sp³-hybridized carbons (Fsp3) is 0.125. The smallest absolute Gasteiger partial charge is 0.247 e. The van der Waals surface area contributed by atoms with E-state index in [1.807, 2.05) is 62.5 Å². The van der Waals surface area contributed by atoms with Gasteiger partial charge in [0.2, 0.25) is 11.9 Å². The molecule has 8 heteroatoms. The van der Waals surface area contributed by atoms with Crippen molar-refractivity contribution in [1.82, 2.24) is 24.6 Å². The number of amides is 1. The molecule has 1 amide bonds. The van der Waals surface area contributed by atoms with E-state index in [-0.39, 0.29) is 5.91 Å². The highest BCUT2D eigenvalue weighted by Crippen LogP contribution is 2.39. The maximum Gasteiger partial charge on any atom is 0.247 e. The van der Waals surface area contributed by atoms with Gasteiger partial charge in [0.25, 0.3) is 0 Å². The van der Waals surface area contributed by atoms with Crippen molar-refractivity contribution in [1.29, 1.82) is 0 Å². The predicted octanol–water partition coefficient (Wildman–Crippen LogP) is 4.31. The Labute approximate surface area is 183 Å². The van der Waals surface area contributed by atoms with E-state index in [1.165, 1.54) is 0 Å². The van der Waals surface area contributed by atoms with Crippen LogP contribution in [0.2, 0.25) is 0 Å². The Morgan fingerprint density at radius 3 is 2.81 bits per heavy atom. The Kier molecular flexibility index (Phi) is 3.79. The molecule has 0 atom stereocenters.